The van der Waals surface area contributed by atoms with E-state index in [4.69, 9.17) is 33.7 Å². The fourth-order valence-electron chi connectivity index (χ4n) is 4.37. The summed E-state index contributed by atoms with van der Waals surface area (Å²) in [5.74, 6) is -0.0258. The van der Waals surface area contributed by atoms with E-state index in [2.05, 4.69) is 15.0 Å². The fourth-order valence-corrected chi connectivity index (χ4v) is 6.29. The lowest BCUT2D eigenvalue weighted by atomic mass is 10.1. The number of halogens is 3. The van der Waals surface area contributed by atoms with Gasteiger partial charge in [0, 0.05) is 47.2 Å². The van der Waals surface area contributed by atoms with Crippen LogP contribution in [0.15, 0.2) is 36.8 Å². The molecule has 11 heteroatoms. The van der Waals surface area contributed by atoms with Gasteiger partial charge in [0.15, 0.2) is 11.6 Å². The van der Waals surface area contributed by atoms with Gasteiger partial charge in [-0.15, -0.1) is 0 Å². The van der Waals surface area contributed by atoms with E-state index in [1.165, 1.54) is 12.1 Å². The summed E-state index contributed by atoms with van der Waals surface area (Å²) in [7, 11) is -2.07. The number of hydrogen-bond donors (Lipinski definition) is 1. The van der Waals surface area contributed by atoms with E-state index >= 15 is 0 Å². The number of aromatic nitrogens is 3. The minimum Gasteiger partial charge on any atom is -0.482 e. The topological polar surface area (TPSA) is 86.3 Å². The molecule has 0 bridgehead atoms. The first-order valence-electron chi connectivity index (χ1n) is 11.4. The van der Waals surface area contributed by atoms with Crippen LogP contribution >= 0.6 is 30.3 Å². The Morgan fingerprint density at radius 1 is 1.23 bits per heavy atom. The molecule has 1 unspecified atom stereocenters. The molecule has 2 N–H and O–H groups in total. The lowest BCUT2D eigenvalue weighted by Crippen LogP contribution is -2.35. The van der Waals surface area contributed by atoms with Crippen molar-refractivity contribution in [3.63, 3.8) is 0 Å². The monoisotopic (exact) mass is 539 g/mol. The van der Waals surface area contributed by atoms with Crippen molar-refractivity contribution in [1.29, 1.82) is 0 Å². The van der Waals surface area contributed by atoms with Gasteiger partial charge < -0.3 is 15.0 Å². The zero-order chi connectivity index (χ0) is 25.3. The number of hydrogen-bond acceptors (Lipinski definition) is 6. The molecule has 0 amide bonds. The lowest BCUT2D eigenvalue weighted by molar-refractivity contribution is 0.202. The number of piperidine rings is 1. The Bertz CT molecular complexity index is 1260. The van der Waals surface area contributed by atoms with Crippen molar-refractivity contribution >= 4 is 36.2 Å². The number of likely N-dealkylation sites (tertiary alicyclic amines) is 1. The molecule has 35 heavy (non-hydrogen) atoms. The number of nitrogen functional groups attached to an aromatic ring is 1. The van der Waals surface area contributed by atoms with Gasteiger partial charge in [0.25, 0.3) is 0 Å². The molecule has 1 aliphatic rings. The van der Waals surface area contributed by atoms with Gasteiger partial charge in [-0.05, 0) is 51.3 Å². The zero-order valence-corrected chi connectivity index (χ0v) is 22.3. The van der Waals surface area contributed by atoms with Crippen molar-refractivity contribution in [3.05, 3.63) is 58.2 Å². The Labute approximate surface area is 214 Å². The van der Waals surface area contributed by atoms with Gasteiger partial charge in [0.05, 0.1) is 30.7 Å². The Balaban J connectivity index is 1.48. The summed E-state index contributed by atoms with van der Waals surface area (Å²) in [6.07, 6.45) is 7.35. The average Bonchev–Trinajstić information content (AvgIpc) is 3.28. The molecule has 0 spiro atoms. The van der Waals surface area contributed by atoms with Gasteiger partial charge in [0.1, 0.15) is 11.9 Å². The van der Waals surface area contributed by atoms with E-state index in [0.29, 0.717) is 22.6 Å². The molecule has 4 rings (SSSR count). The molecule has 1 aromatic carbocycles. The van der Waals surface area contributed by atoms with Gasteiger partial charge in [0.2, 0.25) is 0 Å². The van der Waals surface area contributed by atoms with Crippen molar-refractivity contribution < 1.29 is 13.7 Å². The summed E-state index contributed by atoms with van der Waals surface area (Å²) in [6.45, 7) is 7.18. The van der Waals surface area contributed by atoms with Crippen LogP contribution in [-0.2, 0) is 4.57 Å². The molecule has 0 saturated carbocycles. The summed E-state index contributed by atoms with van der Waals surface area (Å²) in [5.41, 5.74) is 8.08. The molecule has 1 aliphatic heterocycles. The Hall–Kier alpha value is -2.12. The van der Waals surface area contributed by atoms with E-state index in [9.17, 15) is 8.96 Å². The number of rotatable bonds is 7. The number of ether oxygens (including phenoxy) is 1. The number of nitrogens with zero attached hydrogens (tertiary/aromatic N) is 4. The van der Waals surface area contributed by atoms with E-state index in [1.807, 2.05) is 24.2 Å². The quantitative estimate of drug-likeness (QED) is 0.279. The van der Waals surface area contributed by atoms with Gasteiger partial charge in [-0.25, -0.2) is 9.37 Å². The van der Waals surface area contributed by atoms with Crippen molar-refractivity contribution in [1.82, 2.24) is 19.7 Å². The Morgan fingerprint density at radius 2 is 1.94 bits per heavy atom. The van der Waals surface area contributed by atoms with Gasteiger partial charge in [-0.1, -0.05) is 23.2 Å². The normalized spacial score (nSPS) is 16.4. The van der Waals surface area contributed by atoms with Crippen LogP contribution < -0.4 is 10.5 Å². The Morgan fingerprint density at radius 3 is 2.63 bits per heavy atom. The van der Waals surface area contributed by atoms with Crippen LogP contribution in [0.4, 0.5) is 10.2 Å². The molecule has 0 aliphatic carbocycles. The second kappa shape index (κ2) is 10.5. The average molecular weight is 540 g/mol. The van der Waals surface area contributed by atoms with Crippen LogP contribution in [0.3, 0.4) is 0 Å². The van der Waals surface area contributed by atoms with Crippen LogP contribution in [0.5, 0.6) is 5.75 Å². The largest absolute Gasteiger partial charge is 0.482 e. The highest BCUT2D eigenvalue weighted by Crippen LogP contribution is 2.39. The molecule has 7 nitrogen and oxygen atoms in total. The molecular formula is C24H29Cl2FN5O2P. The smallest absolute Gasteiger partial charge is 0.166 e. The molecule has 3 heterocycles. The molecule has 188 valence electrons. The van der Waals surface area contributed by atoms with Gasteiger partial charge in [-0.2, -0.15) is 5.10 Å². The van der Waals surface area contributed by atoms with Crippen LogP contribution in [0.1, 0.15) is 37.5 Å². The second-order valence-electron chi connectivity index (χ2n) is 9.40. The van der Waals surface area contributed by atoms with Crippen LogP contribution in [0, 0.1) is 5.82 Å². The van der Waals surface area contributed by atoms with Gasteiger partial charge in [-0.3, -0.25) is 9.58 Å². The number of pyridine rings is 1. The third-order valence-electron chi connectivity index (χ3n) is 6.08. The van der Waals surface area contributed by atoms with Crippen molar-refractivity contribution in [2.75, 3.05) is 38.4 Å². The maximum atomic E-state index is 14.0. The molecule has 1 saturated heterocycles. The molecule has 2 aromatic heterocycles. The minimum absolute atomic E-state index is 0.0827. The van der Waals surface area contributed by atoms with Gasteiger partial charge >= 0.3 is 0 Å². The highest BCUT2D eigenvalue weighted by atomic mass is 35.5. The first-order chi connectivity index (χ1) is 16.5. The SMILES string of the molecule is CC(Oc1cc(-c2cnn(C3CCN(CP(C)(C)=O)CC3)c2)cnc1N)c1c(Cl)ccc(F)c1Cl. The molecule has 1 atom stereocenters. The summed E-state index contributed by atoms with van der Waals surface area (Å²) >= 11 is 12.4. The predicted octanol–water partition coefficient (Wildman–Crippen LogP) is 6.33. The summed E-state index contributed by atoms with van der Waals surface area (Å²) < 4.78 is 34.1. The maximum absolute atomic E-state index is 14.0. The van der Waals surface area contributed by atoms with E-state index in [0.717, 1.165) is 37.1 Å². The third kappa shape index (κ3) is 6.18. The van der Waals surface area contributed by atoms with Crippen molar-refractivity contribution in [2.24, 2.45) is 0 Å². The maximum Gasteiger partial charge on any atom is 0.166 e. The standard InChI is InChI=1S/C24H29Cl2FN5O2P/c1-15(22-19(25)4-5-20(27)23(22)26)34-21-10-16(11-29-24(21)28)17-12-30-32(13-17)18-6-8-31(9-7-18)14-35(2,3)33/h4-5,10-13,15,18H,6-9,14H2,1-3H3,(H2,28,29). The fraction of sp³-hybridized carbons (Fsp3) is 0.417. The number of anilines is 1. The first-order valence-corrected chi connectivity index (χ1v) is 14.9. The van der Waals surface area contributed by atoms with Crippen molar-refractivity contribution in [2.45, 2.75) is 31.9 Å². The van der Waals surface area contributed by atoms with E-state index < -0.39 is 19.1 Å². The zero-order valence-electron chi connectivity index (χ0n) is 19.9. The van der Waals surface area contributed by atoms with E-state index in [1.54, 1.807) is 25.4 Å². The first kappa shape index (κ1) is 26.0. The predicted molar refractivity (Wildman–Crippen MR) is 139 cm³/mol. The lowest BCUT2D eigenvalue weighted by Gasteiger charge is -2.32. The number of nitrogens with two attached hydrogens (primary N) is 1. The molecule has 1 fully saturated rings. The van der Waals surface area contributed by atoms with Crippen LogP contribution in [0.25, 0.3) is 11.1 Å². The number of benzene rings is 1. The minimum atomic E-state index is -2.07. The third-order valence-corrected chi connectivity index (χ3v) is 7.87. The summed E-state index contributed by atoms with van der Waals surface area (Å²) in [4.78, 5) is 6.54. The Kier molecular flexibility index (Phi) is 7.77. The molecule has 3 aromatic rings. The highest BCUT2D eigenvalue weighted by molar-refractivity contribution is 7.62. The second-order valence-corrected chi connectivity index (χ2v) is 13.6. The van der Waals surface area contributed by atoms with Crippen LogP contribution in [-0.4, -0.2) is 52.4 Å². The molecular weight excluding hydrogens is 511 g/mol. The van der Waals surface area contributed by atoms with Crippen molar-refractivity contribution in [3.8, 4) is 16.9 Å². The summed E-state index contributed by atoms with van der Waals surface area (Å²) in [6, 6.07) is 4.72. The van der Waals surface area contributed by atoms with E-state index in [-0.39, 0.29) is 16.9 Å². The van der Waals surface area contributed by atoms with Crippen LogP contribution in [0.2, 0.25) is 10.0 Å². The highest BCUT2D eigenvalue weighted by Gasteiger charge is 2.24. The summed E-state index contributed by atoms with van der Waals surface area (Å²) in [5, 5.41) is 4.80. The molecule has 0 radical (unpaired) electrons.